The van der Waals surface area contributed by atoms with E-state index < -0.39 is 75.9 Å². The number of aliphatic hydroxyl groups is 1. The zero-order valence-electron chi connectivity index (χ0n) is 19.9. The molecule has 0 aromatic heterocycles. The quantitative estimate of drug-likeness (QED) is 0.380. The van der Waals surface area contributed by atoms with Gasteiger partial charge in [-0.25, -0.2) is 4.39 Å². The van der Waals surface area contributed by atoms with Crippen LogP contribution in [-0.2, 0) is 32.1 Å². The topological polar surface area (TPSA) is 167 Å². The third kappa shape index (κ3) is 3.36. The molecule has 1 aromatic rings. The lowest BCUT2D eigenvalue weighted by Gasteiger charge is -2.52. The van der Waals surface area contributed by atoms with Gasteiger partial charge in [-0.15, -0.1) is 0 Å². The largest absolute Gasteiger partial charge is 0.507 e. The molecule has 3 saturated carbocycles. The fraction of sp³-hybridized carbons (Fsp3) is 0.560. The number of hydrogen-bond acceptors (Lipinski definition) is 9. The van der Waals surface area contributed by atoms with E-state index in [0.29, 0.717) is 0 Å². The van der Waals surface area contributed by atoms with Crippen LogP contribution in [0.15, 0.2) is 6.07 Å². The van der Waals surface area contributed by atoms with Crippen LogP contribution < -0.4 is 11.1 Å². The maximum Gasteiger partial charge on any atom is 0.235 e. The van der Waals surface area contributed by atoms with Gasteiger partial charge in [0, 0.05) is 29.6 Å². The molecule has 5 rings (SSSR count). The number of phenols is 1. The van der Waals surface area contributed by atoms with E-state index in [1.807, 2.05) is 0 Å². The lowest BCUT2D eigenvalue weighted by Crippen LogP contribution is -2.74. The molecule has 0 radical (unpaired) electrons. The summed E-state index contributed by atoms with van der Waals surface area (Å²) in [5.74, 6) is -12.2. The Morgan fingerprint density at radius 2 is 1.89 bits per heavy atom. The summed E-state index contributed by atoms with van der Waals surface area (Å²) in [6.45, 7) is 0.168. The normalized spacial score (nSPS) is 33.9. The Bertz CT molecular complexity index is 1230. The van der Waals surface area contributed by atoms with Crippen LogP contribution in [0.3, 0.4) is 0 Å². The van der Waals surface area contributed by atoms with E-state index in [2.05, 4.69) is 5.32 Å². The van der Waals surface area contributed by atoms with Crippen molar-refractivity contribution in [3.63, 3.8) is 0 Å². The van der Waals surface area contributed by atoms with Crippen LogP contribution in [0.5, 0.6) is 5.75 Å². The molecule has 4 aliphatic rings. The second-order valence-corrected chi connectivity index (χ2v) is 10.7. The molecule has 5 N–H and O–H groups in total. The van der Waals surface area contributed by atoms with E-state index in [1.54, 1.807) is 0 Å². The lowest BCUT2D eigenvalue weighted by atomic mass is 9.52. The summed E-state index contributed by atoms with van der Waals surface area (Å²) in [7, 11) is 3.01. The number of likely N-dealkylation sites (N-methyl/N-ethyl adjacent to an activating group) is 1. The molecule has 4 aliphatic carbocycles. The fourth-order valence-electron chi connectivity index (χ4n) is 6.38. The highest BCUT2D eigenvalue weighted by Crippen LogP contribution is 2.51. The van der Waals surface area contributed by atoms with Crippen LogP contribution in [0, 0.1) is 29.5 Å². The maximum absolute atomic E-state index is 15.5. The van der Waals surface area contributed by atoms with Gasteiger partial charge < -0.3 is 21.3 Å². The first kappa shape index (κ1) is 24.7. The minimum absolute atomic E-state index is 0.0167. The highest BCUT2D eigenvalue weighted by atomic mass is 19.1. The Morgan fingerprint density at radius 1 is 1.22 bits per heavy atom. The summed E-state index contributed by atoms with van der Waals surface area (Å²) in [5.41, 5.74) is 2.34. The number of rotatable bonds is 5. The summed E-state index contributed by atoms with van der Waals surface area (Å²) < 4.78 is 15.5. The molecule has 11 heteroatoms. The number of Topliss-reactive ketones (excluding diaryl/α,β-unsaturated/α-hetero) is 4. The molecule has 0 heterocycles. The monoisotopic (exact) mass is 501 g/mol. The van der Waals surface area contributed by atoms with E-state index in [-0.39, 0.29) is 42.1 Å². The average molecular weight is 502 g/mol. The van der Waals surface area contributed by atoms with Crippen LogP contribution >= 0.6 is 0 Å². The first-order valence-corrected chi connectivity index (χ1v) is 12.0. The second-order valence-electron chi connectivity index (χ2n) is 10.7. The van der Waals surface area contributed by atoms with Crippen molar-refractivity contribution < 1.29 is 38.6 Å². The Labute approximate surface area is 206 Å². The summed E-state index contributed by atoms with van der Waals surface area (Å²) in [5, 5.41) is 25.3. The van der Waals surface area contributed by atoms with Gasteiger partial charge in [-0.05, 0) is 51.8 Å². The first-order valence-electron chi connectivity index (χ1n) is 12.0. The van der Waals surface area contributed by atoms with E-state index in [9.17, 15) is 34.2 Å². The molecular weight excluding hydrogens is 473 g/mol. The zero-order chi connectivity index (χ0) is 26.3. The van der Waals surface area contributed by atoms with Crippen molar-refractivity contribution in [3.8, 4) is 5.75 Å². The van der Waals surface area contributed by atoms with Crippen LogP contribution in [0.25, 0.3) is 0 Å². The number of benzene rings is 1. The highest BCUT2D eigenvalue weighted by molar-refractivity contribution is 6.32. The van der Waals surface area contributed by atoms with Gasteiger partial charge in [-0.3, -0.25) is 28.9 Å². The second kappa shape index (κ2) is 8.25. The molecule has 10 nitrogen and oxygen atoms in total. The first-order chi connectivity index (χ1) is 16.9. The summed E-state index contributed by atoms with van der Waals surface area (Å²) in [6, 6.07) is 0.247. The highest BCUT2D eigenvalue weighted by Gasteiger charge is 2.69. The van der Waals surface area contributed by atoms with Crippen molar-refractivity contribution in [2.75, 3.05) is 14.1 Å². The molecule has 1 amide bonds. The Balaban J connectivity index is 1.58. The summed E-state index contributed by atoms with van der Waals surface area (Å²) in [4.78, 5) is 66.8. The molecule has 0 aliphatic heterocycles. The number of nitrogens with one attached hydrogen (secondary N) is 1. The van der Waals surface area contributed by atoms with E-state index in [4.69, 9.17) is 5.73 Å². The number of aromatic hydroxyl groups is 1. The van der Waals surface area contributed by atoms with E-state index in [0.717, 1.165) is 18.9 Å². The van der Waals surface area contributed by atoms with Gasteiger partial charge in [0.1, 0.15) is 11.6 Å². The van der Waals surface area contributed by atoms with Crippen molar-refractivity contribution in [2.45, 2.75) is 49.9 Å². The number of amides is 1. The molecular formula is C25H28FN3O7. The van der Waals surface area contributed by atoms with Crippen LogP contribution in [0.1, 0.15) is 40.7 Å². The molecule has 0 bridgehead atoms. The number of phenolic OH excluding ortho intramolecular Hbond substituents is 1. The number of carbonyl (C=O) groups excluding carboxylic acids is 5. The van der Waals surface area contributed by atoms with Gasteiger partial charge >= 0.3 is 0 Å². The molecule has 36 heavy (non-hydrogen) atoms. The number of primary amides is 1. The van der Waals surface area contributed by atoms with Crippen molar-refractivity contribution in [2.24, 2.45) is 29.4 Å². The minimum atomic E-state index is -2.79. The lowest BCUT2D eigenvalue weighted by molar-refractivity contribution is -0.181. The van der Waals surface area contributed by atoms with Crippen molar-refractivity contribution >= 4 is 29.0 Å². The summed E-state index contributed by atoms with van der Waals surface area (Å²) >= 11 is 0. The van der Waals surface area contributed by atoms with Gasteiger partial charge in [-0.2, -0.15) is 0 Å². The SMILES string of the molecule is CN(C)[C@@H]1C(=O)C(C(N)=O)C(=O)[C@@]2(O)C(=O)C3C(=O)c4c(O)cc(CNC5CC5)c(F)c4C[C@H]3C[C@@H]12. The molecule has 192 valence electrons. The molecule has 0 spiro atoms. The fourth-order valence-corrected chi connectivity index (χ4v) is 6.38. The van der Waals surface area contributed by atoms with Crippen molar-refractivity contribution in [1.82, 2.24) is 10.2 Å². The van der Waals surface area contributed by atoms with Crippen LogP contribution in [-0.4, -0.2) is 75.9 Å². The number of halogens is 1. The Kier molecular flexibility index (Phi) is 5.66. The van der Waals surface area contributed by atoms with Crippen molar-refractivity contribution in [3.05, 3.63) is 28.6 Å². The van der Waals surface area contributed by atoms with Crippen molar-refractivity contribution in [1.29, 1.82) is 0 Å². The Morgan fingerprint density at radius 3 is 2.47 bits per heavy atom. The van der Waals surface area contributed by atoms with Gasteiger partial charge in [0.05, 0.1) is 17.5 Å². The predicted molar refractivity (Wildman–Crippen MR) is 121 cm³/mol. The van der Waals surface area contributed by atoms with Crippen LogP contribution in [0.2, 0.25) is 0 Å². The third-order valence-electron chi connectivity index (χ3n) is 8.23. The third-order valence-corrected chi connectivity index (χ3v) is 8.23. The van der Waals surface area contributed by atoms with Gasteiger partial charge in [-0.1, -0.05) is 0 Å². The Hall–Kier alpha value is -3.02. The summed E-state index contributed by atoms with van der Waals surface area (Å²) in [6.07, 6.45) is 1.75. The molecule has 3 fully saturated rings. The van der Waals surface area contributed by atoms with Crippen LogP contribution in [0.4, 0.5) is 4.39 Å². The number of nitrogens with zero attached hydrogens (tertiary/aromatic N) is 1. The smallest absolute Gasteiger partial charge is 0.235 e. The van der Waals surface area contributed by atoms with Gasteiger partial charge in [0.25, 0.3) is 0 Å². The predicted octanol–water partition coefficient (Wildman–Crippen LogP) is -0.742. The molecule has 2 unspecified atom stereocenters. The number of hydrogen-bond donors (Lipinski definition) is 4. The molecule has 6 atom stereocenters. The maximum atomic E-state index is 15.5. The average Bonchev–Trinajstić information content (AvgIpc) is 3.61. The zero-order valence-corrected chi connectivity index (χ0v) is 19.9. The number of ketones is 4. The van der Waals surface area contributed by atoms with Gasteiger partial charge in [0.15, 0.2) is 34.7 Å². The number of carbonyl (C=O) groups is 5. The van der Waals surface area contributed by atoms with Gasteiger partial charge in [0.2, 0.25) is 5.91 Å². The molecule has 1 aromatic carbocycles. The van der Waals surface area contributed by atoms with E-state index in [1.165, 1.54) is 19.0 Å². The standard InChI is InChI=1S/C25H28FN3O7/c1-29(2)19-13-6-9-5-12-16(14(30)7-10(18(12)26)8-28-11-3-4-11)20(31)15(9)22(33)25(13,36)23(34)17(21(19)32)24(27)35/h7,9,11,13,15,17,19,28,30,36H,3-6,8H2,1-2H3,(H2,27,35)/t9-,13-,15?,17?,19-,25-/m0/s1. The minimum Gasteiger partial charge on any atom is -0.507 e. The number of nitrogens with two attached hydrogens (primary N) is 1. The number of fused-ring (bicyclic) bond motifs is 3. The molecule has 0 saturated heterocycles. The van der Waals surface area contributed by atoms with E-state index >= 15 is 4.39 Å².